The van der Waals surface area contributed by atoms with E-state index in [0.29, 0.717) is 16.9 Å². The molecule has 1 amide bonds. The van der Waals surface area contributed by atoms with Crippen LogP contribution in [0.1, 0.15) is 43.5 Å². The van der Waals surface area contributed by atoms with Gasteiger partial charge in [0.1, 0.15) is 33.0 Å². The molecule has 1 aliphatic heterocycles. The Morgan fingerprint density at radius 1 is 1.13 bits per heavy atom. The van der Waals surface area contributed by atoms with Gasteiger partial charge in [0.2, 0.25) is 0 Å². The Morgan fingerprint density at radius 3 is 2.51 bits per heavy atom. The zero-order valence-electron chi connectivity index (χ0n) is 26.2. The fourth-order valence-electron chi connectivity index (χ4n) is 5.84. The largest absolute Gasteiger partial charge is 0.355 e. The van der Waals surface area contributed by atoms with Crippen molar-refractivity contribution in [2.45, 2.75) is 39.7 Å². The van der Waals surface area contributed by atoms with Crippen molar-refractivity contribution in [2.24, 2.45) is 0 Å². The topological polar surface area (TPSA) is 84.2 Å². The summed E-state index contributed by atoms with van der Waals surface area (Å²) in [6.07, 6.45) is 3.40. The Kier molecular flexibility index (Phi) is 8.73. The molecule has 13 heteroatoms. The van der Waals surface area contributed by atoms with Crippen molar-refractivity contribution in [3.8, 4) is 16.9 Å². The zero-order chi connectivity index (χ0) is 32.7. The number of rotatable bonds is 6. The maximum Gasteiger partial charge on any atom is 0.355 e. The van der Waals surface area contributed by atoms with E-state index in [2.05, 4.69) is 16.5 Å². The molecule has 8 nitrogen and oxygen atoms in total. The highest BCUT2D eigenvalue weighted by molar-refractivity contribution is 6.50. The highest BCUT2D eigenvalue weighted by Gasteiger charge is 2.32. The van der Waals surface area contributed by atoms with Gasteiger partial charge in [0, 0.05) is 37.4 Å². The summed E-state index contributed by atoms with van der Waals surface area (Å²) in [6.45, 7) is 11.1. The van der Waals surface area contributed by atoms with E-state index in [0.717, 1.165) is 10.9 Å². The third kappa shape index (κ3) is 5.91. The van der Waals surface area contributed by atoms with Gasteiger partial charge in [-0.1, -0.05) is 38.6 Å². The fourth-order valence-corrected chi connectivity index (χ4v) is 5.84. The van der Waals surface area contributed by atoms with Crippen LogP contribution in [-0.2, 0) is 4.79 Å². The lowest BCUT2D eigenvalue weighted by Gasteiger charge is -2.40. The van der Waals surface area contributed by atoms with Crippen LogP contribution in [0.2, 0.25) is 0 Å². The van der Waals surface area contributed by atoms with Crippen LogP contribution in [0.4, 0.5) is 19.0 Å². The molecule has 1 saturated heterocycles. The summed E-state index contributed by atoms with van der Waals surface area (Å²) in [5, 5.41) is 1.09. The molecule has 4 heterocycles. The molecule has 230 valence electrons. The number of amides is 1. The van der Waals surface area contributed by atoms with E-state index in [-0.39, 0.29) is 53.7 Å². The number of carbonyl (C=O) groups is 1. The van der Waals surface area contributed by atoms with Gasteiger partial charge in [0.25, 0.3) is 5.91 Å². The first-order chi connectivity index (χ1) is 21.3. The molecule has 0 saturated carbocycles. The van der Waals surface area contributed by atoms with Crippen LogP contribution in [0.25, 0.3) is 34.1 Å². The van der Waals surface area contributed by atoms with E-state index >= 15 is 8.78 Å². The quantitative estimate of drug-likeness (QED) is 0.245. The number of benzene rings is 1. The lowest BCUT2D eigenvalue weighted by molar-refractivity contribution is -0.129. The number of hydrogen-bond acceptors (Lipinski definition) is 6. The van der Waals surface area contributed by atoms with E-state index < -0.39 is 35.1 Å². The molecule has 0 aliphatic carbocycles. The van der Waals surface area contributed by atoms with Crippen molar-refractivity contribution < 1.29 is 18.0 Å². The zero-order valence-corrected chi connectivity index (χ0v) is 26.2. The average Bonchev–Trinajstić information content (AvgIpc) is 2.97. The second kappa shape index (κ2) is 12.4. The number of carbonyl (C=O) groups excluding carboxylic acids is 1. The fraction of sp³-hybridized carbons (Fsp3) is 0.281. The van der Waals surface area contributed by atoms with Gasteiger partial charge >= 0.3 is 5.69 Å². The normalized spacial score (nSPS) is 15.1. The number of anilines is 1. The highest BCUT2D eigenvalue weighted by atomic mass is 19.1. The minimum absolute atomic E-state index is 0.0330. The first kappa shape index (κ1) is 31.7. The van der Waals surface area contributed by atoms with Crippen LogP contribution in [-0.4, -0.2) is 71.7 Å². The SMILES string of the molecule is BC(B)=Cc1cccc(F)c1-c1nc2c(cc1F)c(N1CCN(C(=O)C(=C)F)C[C@@H]1C)nc(=O)n2-c1c(C)ccnc1C(C)C. The number of fused-ring (bicyclic) bond motifs is 1. The van der Waals surface area contributed by atoms with Crippen molar-refractivity contribution in [1.29, 1.82) is 0 Å². The van der Waals surface area contributed by atoms with Crippen molar-refractivity contribution in [3.63, 3.8) is 0 Å². The van der Waals surface area contributed by atoms with Crippen LogP contribution < -0.4 is 10.6 Å². The van der Waals surface area contributed by atoms with Gasteiger partial charge in [-0.2, -0.15) is 4.98 Å². The summed E-state index contributed by atoms with van der Waals surface area (Å²) in [5.41, 5.74) is 1.36. The summed E-state index contributed by atoms with van der Waals surface area (Å²) in [6, 6.07) is 7.03. The molecule has 0 spiro atoms. The molecule has 1 fully saturated rings. The van der Waals surface area contributed by atoms with Crippen molar-refractivity contribution >= 4 is 44.5 Å². The third-order valence-electron chi connectivity index (χ3n) is 7.87. The molecule has 45 heavy (non-hydrogen) atoms. The van der Waals surface area contributed by atoms with Crippen LogP contribution in [0.15, 0.2) is 59.1 Å². The van der Waals surface area contributed by atoms with Crippen LogP contribution in [0.5, 0.6) is 0 Å². The summed E-state index contributed by atoms with van der Waals surface area (Å²) in [7, 11) is 3.70. The van der Waals surface area contributed by atoms with Gasteiger partial charge in [0.15, 0.2) is 17.3 Å². The summed E-state index contributed by atoms with van der Waals surface area (Å²) in [4.78, 5) is 43.1. The first-order valence-electron chi connectivity index (χ1n) is 14.7. The number of piperazine rings is 1. The minimum Gasteiger partial charge on any atom is -0.350 e. The van der Waals surface area contributed by atoms with E-state index in [9.17, 15) is 14.0 Å². The van der Waals surface area contributed by atoms with Gasteiger partial charge in [-0.05, 0) is 49.1 Å². The Morgan fingerprint density at radius 2 is 1.87 bits per heavy atom. The predicted octanol–water partition coefficient (Wildman–Crippen LogP) is 3.64. The third-order valence-corrected chi connectivity index (χ3v) is 7.87. The van der Waals surface area contributed by atoms with E-state index in [4.69, 9.17) is 4.98 Å². The molecule has 5 rings (SSSR count). The van der Waals surface area contributed by atoms with Crippen LogP contribution in [0, 0.1) is 18.6 Å². The molecular weight excluding hydrogens is 579 g/mol. The number of aryl methyl sites for hydroxylation is 1. The van der Waals surface area contributed by atoms with Gasteiger partial charge in [-0.25, -0.2) is 27.5 Å². The van der Waals surface area contributed by atoms with Gasteiger partial charge < -0.3 is 9.80 Å². The van der Waals surface area contributed by atoms with Crippen molar-refractivity contribution in [2.75, 3.05) is 24.5 Å². The van der Waals surface area contributed by atoms with E-state index in [1.54, 1.807) is 42.3 Å². The number of nitrogens with zero attached hydrogens (tertiary/aromatic N) is 6. The minimum atomic E-state index is -1.06. The number of hydrogen-bond donors (Lipinski definition) is 0. The Hall–Kier alpha value is -4.67. The molecule has 3 aromatic heterocycles. The Balaban J connectivity index is 1.83. The summed E-state index contributed by atoms with van der Waals surface area (Å²) in [5.74, 6) is -3.26. The van der Waals surface area contributed by atoms with Gasteiger partial charge in [-0.15, -0.1) is 5.37 Å². The monoisotopic (exact) mass is 612 g/mol. The maximum atomic E-state index is 16.2. The predicted molar refractivity (Wildman–Crippen MR) is 176 cm³/mol. The summed E-state index contributed by atoms with van der Waals surface area (Å²) < 4.78 is 46.6. The van der Waals surface area contributed by atoms with Crippen molar-refractivity contribution in [3.05, 3.63) is 93.2 Å². The van der Waals surface area contributed by atoms with Crippen molar-refractivity contribution in [1.82, 2.24) is 24.4 Å². The van der Waals surface area contributed by atoms with Gasteiger partial charge in [-0.3, -0.25) is 9.78 Å². The van der Waals surface area contributed by atoms with E-state index in [1.807, 2.05) is 36.5 Å². The molecule has 1 aliphatic rings. The lowest BCUT2D eigenvalue weighted by Crippen LogP contribution is -2.54. The average molecular weight is 612 g/mol. The highest BCUT2D eigenvalue weighted by Crippen LogP contribution is 2.35. The molecule has 0 unspecified atom stereocenters. The smallest absolute Gasteiger partial charge is 0.350 e. The molecule has 1 atom stereocenters. The summed E-state index contributed by atoms with van der Waals surface area (Å²) >= 11 is 0. The molecular formula is C32H33B2F3N6O2. The molecule has 0 bridgehead atoms. The second-order valence-electron chi connectivity index (χ2n) is 11.9. The number of pyridine rings is 2. The number of halogens is 3. The second-order valence-corrected chi connectivity index (χ2v) is 11.9. The molecule has 0 radical (unpaired) electrons. The first-order valence-corrected chi connectivity index (χ1v) is 14.7. The number of aromatic nitrogens is 4. The van der Waals surface area contributed by atoms with Crippen LogP contribution >= 0.6 is 0 Å². The lowest BCUT2D eigenvalue weighted by atomic mass is 9.77. The molecule has 4 aromatic rings. The van der Waals surface area contributed by atoms with Crippen LogP contribution in [0.3, 0.4) is 0 Å². The Labute approximate surface area is 261 Å². The van der Waals surface area contributed by atoms with E-state index in [1.165, 1.54) is 21.6 Å². The standard InChI is InChI=1S/C32H33B2F3N6O2/c1-16(2)26-28(17(3)9-10-38-26)43-30-21(14-23(37)27(39-30)25-20(13-24(33)34)7-6-8-22(25)36)29(40-32(43)45)42-12-11-41(15-18(42)4)31(44)19(5)35/h6-10,13-14,16,18H,5,11-12,15,33-34H2,1-4H3/t18-/m0/s1. The maximum absolute atomic E-state index is 16.2. The molecule has 0 N–H and O–H groups in total. The molecule has 1 aromatic carbocycles. The van der Waals surface area contributed by atoms with Gasteiger partial charge in [0.05, 0.1) is 16.8 Å². The Bertz CT molecular complexity index is 1940.